The second-order valence-corrected chi connectivity index (χ2v) is 15.9. The lowest BCUT2D eigenvalue weighted by atomic mass is 9.50. The van der Waals surface area contributed by atoms with Crippen LogP contribution in [-0.2, 0) is 0 Å². The summed E-state index contributed by atoms with van der Waals surface area (Å²) in [5.74, 6) is 2.44. The Labute approximate surface area is 343 Å². The molecule has 0 fully saturated rings. The molecule has 0 N–H and O–H groups in total. The van der Waals surface area contributed by atoms with Crippen molar-refractivity contribution in [2.45, 2.75) is 0 Å². The quantitative estimate of drug-likeness (QED) is 0.168. The van der Waals surface area contributed by atoms with Crippen LogP contribution in [0.15, 0.2) is 191 Å². The minimum absolute atomic E-state index is 0.328. The molecule has 14 rings (SSSR count). The van der Waals surface area contributed by atoms with Crippen molar-refractivity contribution in [3.8, 4) is 56.3 Å². The largest absolute Gasteiger partial charge is 0.551 e. The number of para-hydroxylation sites is 5. The van der Waals surface area contributed by atoms with Crippen LogP contribution in [0.2, 0.25) is 0 Å². The zero-order valence-corrected chi connectivity index (χ0v) is 32.0. The van der Waals surface area contributed by atoms with Gasteiger partial charge in [0.1, 0.15) is 39.6 Å². The van der Waals surface area contributed by atoms with E-state index >= 15 is 0 Å². The summed E-state index contributed by atoms with van der Waals surface area (Å²) in [7, 11) is 0. The first-order valence-electron chi connectivity index (χ1n) is 20.3. The number of nitrogens with zero attached hydrogens (tertiary/aromatic N) is 1. The van der Waals surface area contributed by atoms with E-state index in [9.17, 15) is 0 Å². The predicted molar refractivity (Wildman–Crippen MR) is 244 cm³/mol. The summed E-state index contributed by atoms with van der Waals surface area (Å²) in [5, 5.41) is 6.64. The number of rotatable bonds is 3. The summed E-state index contributed by atoms with van der Waals surface area (Å²) in [6.45, 7) is -0.328. The van der Waals surface area contributed by atoms with Gasteiger partial charge in [0, 0.05) is 49.0 Å². The van der Waals surface area contributed by atoms with E-state index in [0.717, 1.165) is 111 Å². The summed E-state index contributed by atoms with van der Waals surface area (Å²) in [6, 6.07) is 64.1. The number of fused-ring (bicyclic) bond motifs is 14. The molecular formula is C54H30BNO4. The predicted octanol–water partition coefficient (Wildman–Crippen LogP) is 13.2. The van der Waals surface area contributed by atoms with Gasteiger partial charge in [-0.1, -0.05) is 109 Å². The summed E-state index contributed by atoms with van der Waals surface area (Å²) in [4.78, 5) is 0. The van der Waals surface area contributed by atoms with Crippen molar-refractivity contribution in [2.75, 3.05) is 0 Å². The molecular weight excluding hydrogens is 737 g/mol. The molecule has 12 aromatic rings. The van der Waals surface area contributed by atoms with Crippen LogP contribution in [-0.4, -0.2) is 11.5 Å². The van der Waals surface area contributed by atoms with Crippen molar-refractivity contribution in [3.63, 3.8) is 0 Å². The van der Waals surface area contributed by atoms with Crippen LogP contribution in [0.3, 0.4) is 0 Å². The monoisotopic (exact) mass is 767 g/mol. The fraction of sp³-hybridized carbons (Fsp3) is 0. The number of furan rings is 2. The SMILES string of the molecule is c1ccc2c(c1)OB1c3ccc(-c4ccc5oc6ccc7c8ccccc8oc7c6c5c4)cc3Oc3cc(-c4ccccc4-n4c5ccccc5c5ccccc54)cc-2c31. The number of ether oxygens (including phenoxy) is 1. The summed E-state index contributed by atoms with van der Waals surface area (Å²) < 4.78 is 29.2. The maximum absolute atomic E-state index is 7.05. The van der Waals surface area contributed by atoms with Gasteiger partial charge >= 0.3 is 6.92 Å². The van der Waals surface area contributed by atoms with Crippen LogP contribution >= 0.6 is 0 Å². The number of aromatic nitrogens is 1. The van der Waals surface area contributed by atoms with Gasteiger partial charge in [-0.15, -0.1) is 0 Å². The Kier molecular flexibility index (Phi) is 6.31. The zero-order valence-electron chi connectivity index (χ0n) is 32.0. The Hall–Kier alpha value is -7.96. The van der Waals surface area contributed by atoms with E-state index in [1.807, 2.05) is 24.3 Å². The van der Waals surface area contributed by atoms with Gasteiger partial charge in [0.05, 0.1) is 22.1 Å². The van der Waals surface area contributed by atoms with Gasteiger partial charge in [0.15, 0.2) is 0 Å². The van der Waals surface area contributed by atoms with Gasteiger partial charge in [-0.2, -0.15) is 0 Å². The highest BCUT2D eigenvalue weighted by atomic mass is 16.5. The van der Waals surface area contributed by atoms with Crippen molar-refractivity contribution < 1.29 is 18.2 Å². The highest BCUT2D eigenvalue weighted by Gasteiger charge is 2.41. The smallest absolute Gasteiger partial charge is 0.434 e. The molecule has 0 unspecified atom stereocenters. The van der Waals surface area contributed by atoms with Crippen LogP contribution in [0.1, 0.15) is 0 Å². The molecule has 2 aliphatic heterocycles. The van der Waals surface area contributed by atoms with Gasteiger partial charge in [0.2, 0.25) is 0 Å². The topological polar surface area (TPSA) is 49.7 Å². The van der Waals surface area contributed by atoms with E-state index in [4.69, 9.17) is 18.2 Å². The average Bonchev–Trinajstić information content (AvgIpc) is 3.98. The first-order valence-corrected chi connectivity index (χ1v) is 20.3. The lowest BCUT2D eigenvalue weighted by Gasteiger charge is -2.33. The molecule has 0 bridgehead atoms. The lowest BCUT2D eigenvalue weighted by Crippen LogP contribution is -2.53. The molecule has 0 aliphatic carbocycles. The molecule has 0 spiro atoms. The molecule has 0 radical (unpaired) electrons. The van der Waals surface area contributed by atoms with Crippen molar-refractivity contribution >= 4 is 83.5 Å². The lowest BCUT2D eigenvalue weighted by molar-refractivity contribution is 0.480. The van der Waals surface area contributed by atoms with Crippen LogP contribution < -0.4 is 20.3 Å². The Bertz CT molecular complexity index is 3760. The first-order chi connectivity index (χ1) is 29.7. The summed E-state index contributed by atoms with van der Waals surface area (Å²) in [6.07, 6.45) is 0. The maximum atomic E-state index is 7.05. The molecule has 278 valence electrons. The van der Waals surface area contributed by atoms with Crippen LogP contribution in [0.25, 0.3) is 105 Å². The van der Waals surface area contributed by atoms with E-state index in [-0.39, 0.29) is 6.92 Å². The Morgan fingerprint density at radius 3 is 1.93 bits per heavy atom. The third kappa shape index (κ3) is 4.37. The molecule has 3 aromatic heterocycles. The normalized spacial score (nSPS) is 12.9. The average molecular weight is 768 g/mol. The summed E-state index contributed by atoms with van der Waals surface area (Å²) in [5.41, 5.74) is 15.3. The van der Waals surface area contributed by atoms with Crippen LogP contribution in [0.5, 0.6) is 17.2 Å². The highest BCUT2D eigenvalue weighted by Crippen LogP contribution is 2.45. The second-order valence-electron chi connectivity index (χ2n) is 15.9. The third-order valence-electron chi connectivity index (χ3n) is 12.7. The van der Waals surface area contributed by atoms with Gasteiger partial charge in [-0.25, -0.2) is 0 Å². The molecule has 2 aliphatic rings. The molecule has 60 heavy (non-hydrogen) atoms. The van der Waals surface area contributed by atoms with Crippen LogP contribution in [0, 0.1) is 0 Å². The van der Waals surface area contributed by atoms with E-state index in [2.05, 4.69) is 162 Å². The standard InChI is InChI=1S/C54H30BNO4/c1-6-16-43(56-44-17-7-2-12-35(44)36-13-3-8-18-45(36)56)34(11-1)33-28-40-38-15-5-10-20-48(38)60-55-42-24-21-32(29-50(42)58-51(30-33)53(40)55)31-22-25-47-41(27-31)52-49(57-47)26-23-39-37-14-4-9-19-46(37)59-54(39)52/h1-30H. The highest BCUT2D eigenvalue weighted by molar-refractivity contribution is 6.84. The number of hydrogen-bond acceptors (Lipinski definition) is 4. The minimum atomic E-state index is -0.328. The number of benzene rings is 9. The van der Waals surface area contributed by atoms with Crippen molar-refractivity contribution in [1.29, 1.82) is 0 Å². The van der Waals surface area contributed by atoms with Crippen LogP contribution in [0.4, 0.5) is 0 Å². The maximum Gasteiger partial charge on any atom is 0.434 e. The van der Waals surface area contributed by atoms with E-state index in [1.54, 1.807) is 0 Å². The Morgan fingerprint density at radius 2 is 1.07 bits per heavy atom. The fourth-order valence-electron chi connectivity index (χ4n) is 10.0. The molecule has 0 saturated heterocycles. The Balaban J connectivity index is 0.937. The zero-order chi connectivity index (χ0) is 39.1. The molecule has 0 amide bonds. The van der Waals surface area contributed by atoms with Crippen molar-refractivity contribution in [3.05, 3.63) is 182 Å². The summed E-state index contributed by atoms with van der Waals surface area (Å²) >= 11 is 0. The van der Waals surface area contributed by atoms with Crippen molar-refractivity contribution in [1.82, 2.24) is 4.57 Å². The molecule has 5 nitrogen and oxygen atoms in total. The van der Waals surface area contributed by atoms with E-state index in [1.165, 1.54) is 21.8 Å². The Morgan fingerprint density at radius 1 is 0.400 bits per heavy atom. The number of hydrogen-bond donors (Lipinski definition) is 0. The second kappa shape index (κ2) is 11.8. The van der Waals surface area contributed by atoms with Gasteiger partial charge < -0.3 is 22.8 Å². The molecule has 9 aromatic carbocycles. The first kappa shape index (κ1) is 32.1. The minimum Gasteiger partial charge on any atom is -0.551 e. The fourth-order valence-corrected chi connectivity index (χ4v) is 10.0. The van der Waals surface area contributed by atoms with Gasteiger partial charge in [-0.05, 0) is 95.1 Å². The van der Waals surface area contributed by atoms with Crippen molar-refractivity contribution in [2.24, 2.45) is 0 Å². The molecule has 5 heterocycles. The van der Waals surface area contributed by atoms with E-state index < -0.39 is 0 Å². The van der Waals surface area contributed by atoms with Gasteiger partial charge in [0.25, 0.3) is 0 Å². The third-order valence-corrected chi connectivity index (χ3v) is 12.7. The molecule has 6 heteroatoms. The van der Waals surface area contributed by atoms with E-state index in [0.29, 0.717) is 0 Å². The van der Waals surface area contributed by atoms with Gasteiger partial charge in [-0.3, -0.25) is 0 Å². The molecule has 0 saturated carbocycles. The molecule has 0 atom stereocenters.